The Labute approximate surface area is 147 Å². The van der Waals surface area contributed by atoms with Gasteiger partial charge in [0.2, 0.25) is 5.91 Å². The number of nitrogens with zero attached hydrogens (tertiary/aromatic N) is 3. The van der Waals surface area contributed by atoms with E-state index in [2.05, 4.69) is 4.90 Å². The van der Waals surface area contributed by atoms with Crippen LogP contribution in [0.15, 0.2) is 53.5 Å². The van der Waals surface area contributed by atoms with Crippen molar-refractivity contribution in [3.05, 3.63) is 54.1 Å². The summed E-state index contributed by atoms with van der Waals surface area (Å²) in [6, 6.07) is 15.9. The highest BCUT2D eigenvalue weighted by atomic mass is 16.5. The third-order valence-corrected chi connectivity index (χ3v) is 4.68. The van der Waals surface area contributed by atoms with Crippen LogP contribution in [0.2, 0.25) is 0 Å². The van der Waals surface area contributed by atoms with Crippen LogP contribution in [0.25, 0.3) is 0 Å². The van der Waals surface area contributed by atoms with Crippen LogP contribution in [0.5, 0.6) is 11.5 Å². The quantitative estimate of drug-likeness (QED) is 0.741. The third kappa shape index (κ3) is 3.09. The second-order valence-corrected chi connectivity index (χ2v) is 6.35. The van der Waals surface area contributed by atoms with Gasteiger partial charge >= 0.3 is 0 Å². The number of hydrogen-bond donors (Lipinski definition) is 0. The maximum Gasteiger partial charge on any atom is 0.219 e. The lowest BCUT2D eigenvalue weighted by Crippen LogP contribution is -2.36. The Morgan fingerprint density at radius 3 is 2.56 bits per heavy atom. The zero-order valence-corrected chi connectivity index (χ0v) is 14.3. The Kier molecular flexibility index (Phi) is 4.14. The van der Waals surface area contributed by atoms with Gasteiger partial charge in [0.1, 0.15) is 17.3 Å². The first-order valence-electron chi connectivity index (χ1n) is 8.68. The minimum absolute atomic E-state index is 0.138. The van der Waals surface area contributed by atoms with Crippen molar-refractivity contribution in [2.24, 2.45) is 4.99 Å². The van der Waals surface area contributed by atoms with Gasteiger partial charge in [-0.05, 0) is 30.7 Å². The van der Waals surface area contributed by atoms with Crippen LogP contribution in [0.3, 0.4) is 0 Å². The van der Waals surface area contributed by atoms with Crippen LogP contribution < -0.4 is 4.74 Å². The molecule has 0 spiro atoms. The molecule has 0 aromatic heterocycles. The zero-order chi connectivity index (χ0) is 17.2. The first-order valence-corrected chi connectivity index (χ1v) is 8.68. The first-order chi connectivity index (χ1) is 12.2. The van der Waals surface area contributed by atoms with Crippen LogP contribution in [-0.4, -0.2) is 47.7 Å². The Bertz CT molecular complexity index is 831. The molecular weight excluding hydrogens is 314 g/mol. The highest BCUT2D eigenvalue weighted by molar-refractivity contribution is 6.03. The maximum atomic E-state index is 11.7. The molecule has 0 radical (unpaired) electrons. The van der Waals surface area contributed by atoms with E-state index in [4.69, 9.17) is 9.73 Å². The van der Waals surface area contributed by atoms with Crippen molar-refractivity contribution < 1.29 is 9.53 Å². The molecule has 1 saturated heterocycles. The van der Waals surface area contributed by atoms with Gasteiger partial charge in [0.25, 0.3) is 0 Å². The molecule has 0 atom stereocenters. The van der Waals surface area contributed by atoms with Crippen molar-refractivity contribution in [2.45, 2.75) is 13.3 Å². The minimum atomic E-state index is 0.138. The first kappa shape index (κ1) is 15.7. The van der Waals surface area contributed by atoms with Gasteiger partial charge < -0.3 is 14.5 Å². The van der Waals surface area contributed by atoms with Gasteiger partial charge in [-0.1, -0.05) is 24.3 Å². The minimum Gasteiger partial charge on any atom is -0.454 e. The Morgan fingerprint density at radius 1 is 0.960 bits per heavy atom. The lowest BCUT2D eigenvalue weighted by Gasteiger charge is -2.25. The molecule has 0 unspecified atom stereocenters. The number of carbonyl (C=O) groups is 1. The van der Waals surface area contributed by atoms with Crippen molar-refractivity contribution in [1.82, 2.24) is 9.80 Å². The summed E-state index contributed by atoms with van der Waals surface area (Å²) in [7, 11) is 0. The normalized spacial score (nSPS) is 16.8. The van der Waals surface area contributed by atoms with Gasteiger partial charge in [-0.2, -0.15) is 0 Å². The molecule has 4 rings (SSSR count). The van der Waals surface area contributed by atoms with Crippen molar-refractivity contribution >= 4 is 17.4 Å². The second kappa shape index (κ2) is 6.59. The predicted molar refractivity (Wildman–Crippen MR) is 97.6 cm³/mol. The van der Waals surface area contributed by atoms with E-state index in [0.29, 0.717) is 0 Å². The molecule has 5 heteroatoms. The van der Waals surface area contributed by atoms with E-state index < -0.39 is 0 Å². The van der Waals surface area contributed by atoms with E-state index in [9.17, 15) is 4.79 Å². The monoisotopic (exact) mass is 335 g/mol. The number of benzene rings is 2. The molecule has 2 aliphatic heterocycles. The summed E-state index contributed by atoms with van der Waals surface area (Å²) in [5.41, 5.74) is 1.83. The molecule has 0 bridgehead atoms. The molecular formula is C20H21N3O2. The summed E-state index contributed by atoms with van der Waals surface area (Å²) in [5.74, 6) is 2.65. The summed E-state index contributed by atoms with van der Waals surface area (Å²) < 4.78 is 6.11. The second-order valence-electron chi connectivity index (χ2n) is 6.35. The average molecular weight is 335 g/mol. The van der Waals surface area contributed by atoms with E-state index in [1.54, 1.807) is 6.92 Å². The molecule has 2 aromatic rings. The standard InChI is InChI=1S/C20H21N3O2/c1-15(24)22-11-6-12-23(14-13-22)20-16-7-2-4-9-18(16)25-19-10-5-3-8-17(19)21-20/h2-5,7-10H,6,11-14H2,1H3. The number of hydrogen-bond acceptors (Lipinski definition) is 4. The molecule has 0 aliphatic carbocycles. The van der Waals surface area contributed by atoms with E-state index in [1.165, 1.54) is 0 Å². The number of rotatable bonds is 0. The third-order valence-electron chi connectivity index (χ3n) is 4.68. The van der Waals surface area contributed by atoms with Crippen LogP contribution in [0.4, 0.5) is 5.69 Å². The van der Waals surface area contributed by atoms with Gasteiger partial charge in [-0.25, -0.2) is 4.99 Å². The smallest absolute Gasteiger partial charge is 0.219 e. The Hall–Kier alpha value is -2.82. The lowest BCUT2D eigenvalue weighted by atomic mass is 10.1. The van der Waals surface area contributed by atoms with E-state index >= 15 is 0 Å². The summed E-state index contributed by atoms with van der Waals surface area (Å²) in [5, 5.41) is 0. The fraction of sp³-hybridized carbons (Fsp3) is 0.300. The van der Waals surface area contributed by atoms with E-state index in [-0.39, 0.29) is 5.91 Å². The lowest BCUT2D eigenvalue weighted by molar-refractivity contribution is -0.128. The fourth-order valence-corrected chi connectivity index (χ4v) is 3.35. The Morgan fingerprint density at radius 2 is 1.72 bits per heavy atom. The van der Waals surface area contributed by atoms with Crippen LogP contribution >= 0.6 is 0 Å². The number of ether oxygens (including phenoxy) is 1. The molecule has 0 saturated carbocycles. The fourth-order valence-electron chi connectivity index (χ4n) is 3.35. The molecule has 128 valence electrons. The number of aliphatic imine (C=N–C) groups is 1. The molecule has 2 heterocycles. The van der Waals surface area contributed by atoms with Crippen molar-refractivity contribution in [3.63, 3.8) is 0 Å². The highest BCUT2D eigenvalue weighted by Gasteiger charge is 2.24. The topological polar surface area (TPSA) is 45.1 Å². The molecule has 0 N–H and O–H groups in total. The highest BCUT2D eigenvalue weighted by Crippen LogP contribution is 2.37. The zero-order valence-electron chi connectivity index (χ0n) is 14.3. The van der Waals surface area contributed by atoms with Gasteiger partial charge in [-0.15, -0.1) is 0 Å². The van der Waals surface area contributed by atoms with Gasteiger partial charge in [0.05, 0.1) is 5.56 Å². The van der Waals surface area contributed by atoms with Crippen LogP contribution in [0.1, 0.15) is 18.9 Å². The maximum absolute atomic E-state index is 11.7. The number of para-hydroxylation sites is 3. The number of fused-ring (bicyclic) bond motifs is 2. The molecule has 5 nitrogen and oxygen atoms in total. The molecule has 2 aromatic carbocycles. The molecule has 1 fully saturated rings. The SMILES string of the molecule is CC(=O)N1CCCN(C2=Nc3ccccc3Oc3ccccc32)CC1. The van der Waals surface area contributed by atoms with Crippen molar-refractivity contribution in [1.29, 1.82) is 0 Å². The van der Waals surface area contributed by atoms with Gasteiger partial charge in [-0.3, -0.25) is 4.79 Å². The summed E-state index contributed by atoms with van der Waals surface area (Å²) in [4.78, 5) is 20.8. The van der Waals surface area contributed by atoms with Crippen molar-refractivity contribution in [3.8, 4) is 11.5 Å². The summed E-state index contributed by atoms with van der Waals surface area (Å²) in [6.45, 7) is 4.80. The summed E-state index contributed by atoms with van der Waals surface area (Å²) in [6.07, 6.45) is 0.934. The molecule has 2 aliphatic rings. The number of carbonyl (C=O) groups excluding carboxylic acids is 1. The Balaban J connectivity index is 1.74. The predicted octanol–water partition coefficient (Wildman–Crippen LogP) is 3.42. The van der Waals surface area contributed by atoms with E-state index in [1.807, 2.05) is 53.4 Å². The largest absolute Gasteiger partial charge is 0.454 e. The molecule has 1 amide bonds. The number of amides is 1. The van der Waals surface area contributed by atoms with Gasteiger partial charge in [0, 0.05) is 33.1 Å². The van der Waals surface area contributed by atoms with Crippen molar-refractivity contribution in [2.75, 3.05) is 26.2 Å². The van der Waals surface area contributed by atoms with Gasteiger partial charge in [0.15, 0.2) is 5.75 Å². The van der Waals surface area contributed by atoms with Crippen LogP contribution in [-0.2, 0) is 4.79 Å². The number of amidine groups is 1. The van der Waals surface area contributed by atoms with Crippen LogP contribution in [0, 0.1) is 0 Å². The summed E-state index contributed by atoms with van der Waals surface area (Å²) >= 11 is 0. The van der Waals surface area contributed by atoms with E-state index in [0.717, 1.165) is 61.2 Å². The average Bonchev–Trinajstić information content (AvgIpc) is 2.96. The molecule has 25 heavy (non-hydrogen) atoms.